The summed E-state index contributed by atoms with van der Waals surface area (Å²) >= 11 is 5.16. The molecule has 3 rings (SSSR count). The standard InChI is InChI=1S/C13H12N6OS/c1-9-8-11(16-15-9)12-17-18-13(21)19(12)14-6-2-4-10-5-3-7-20-10/h2-8H,1H3,(H,15,16)(H,18,21)/b4-2+,14-6?. The van der Waals surface area contributed by atoms with Crippen LogP contribution in [-0.2, 0) is 0 Å². The zero-order valence-electron chi connectivity index (χ0n) is 11.1. The van der Waals surface area contributed by atoms with Crippen molar-refractivity contribution in [1.29, 1.82) is 0 Å². The lowest BCUT2D eigenvalue weighted by Crippen LogP contribution is -1.93. The molecule has 3 heterocycles. The Morgan fingerprint density at radius 1 is 1.38 bits per heavy atom. The third-order valence-electron chi connectivity index (χ3n) is 2.66. The molecule has 0 radical (unpaired) electrons. The number of furan rings is 1. The van der Waals surface area contributed by atoms with Gasteiger partial charge in [0.15, 0.2) is 0 Å². The van der Waals surface area contributed by atoms with Crippen LogP contribution in [0.4, 0.5) is 0 Å². The molecule has 0 aliphatic heterocycles. The van der Waals surface area contributed by atoms with Crippen molar-refractivity contribution in [2.24, 2.45) is 5.10 Å². The fourth-order valence-corrected chi connectivity index (χ4v) is 1.91. The second kappa shape index (κ2) is 5.71. The third kappa shape index (κ3) is 2.90. The Balaban J connectivity index is 1.85. The van der Waals surface area contributed by atoms with Crippen LogP contribution in [0.3, 0.4) is 0 Å². The number of allylic oxidation sites excluding steroid dienone is 1. The first-order valence-corrected chi connectivity index (χ1v) is 6.59. The summed E-state index contributed by atoms with van der Waals surface area (Å²) < 4.78 is 7.09. The predicted octanol–water partition coefficient (Wildman–Crippen LogP) is 2.78. The molecule has 7 nitrogen and oxygen atoms in total. The van der Waals surface area contributed by atoms with E-state index >= 15 is 0 Å². The zero-order chi connectivity index (χ0) is 14.7. The molecule has 0 fully saturated rings. The molecular formula is C13H12N6OS. The van der Waals surface area contributed by atoms with Gasteiger partial charge in [-0.15, -0.1) is 0 Å². The lowest BCUT2D eigenvalue weighted by atomic mass is 10.3. The van der Waals surface area contributed by atoms with Gasteiger partial charge in [0, 0.05) is 11.9 Å². The second-order valence-corrected chi connectivity index (χ2v) is 4.63. The first-order chi connectivity index (χ1) is 10.2. The number of hydrogen-bond acceptors (Lipinski definition) is 5. The van der Waals surface area contributed by atoms with Gasteiger partial charge in [-0.25, -0.2) is 5.10 Å². The van der Waals surface area contributed by atoms with E-state index in [4.69, 9.17) is 16.6 Å². The quantitative estimate of drug-likeness (QED) is 0.573. The van der Waals surface area contributed by atoms with E-state index in [2.05, 4.69) is 25.5 Å². The molecule has 0 bridgehead atoms. The van der Waals surface area contributed by atoms with Crippen molar-refractivity contribution in [3.63, 3.8) is 0 Å². The Morgan fingerprint density at radius 2 is 2.29 bits per heavy atom. The van der Waals surface area contributed by atoms with Gasteiger partial charge in [-0.05, 0) is 49.5 Å². The molecule has 0 unspecified atom stereocenters. The third-order valence-corrected chi connectivity index (χ3v) is 2.92. The van der Waals surface area contributed by atoms with Crippen molar-refractivity contribution < 1.29 is 4.42 Å². The molecule has 21 heavy (non-hydrogen) atoms. The number of nitrogens with one attached hydrogen (secondary N) is 2. The minimum Gasteiger partial charge on any atom is -0.465 e. The van der Waals surface area contributed by atoms with Gasteiger partial charge in [-0.2, -0.15) is 20.0 Å². The number of rotatable bonds is 4. The Bertz CT molecular complexity index is 836. The topological polar surface area (TPSA) is 87.8 Å². The maximum Gasteiger partial charge on any atom is 0.216 e. The van der Waals surface area contributed by atoms with Crippen molar-refractivity contribution in [2.75, 3.05) is 0 Å². The van der Waals surface area contributed by atoms with Gasteiger partial charge in [-0.3, -0.25) is 5.10 Å². The van der Waals surface area contributed by atoms with Gasteiger partial charge < -0.3 is 4.42 Å². The van der Waals surface area contributed by atoms with Gasteiger partial charge in [0.25, 0.3) is 0 Å². The zero-order valence-corrected chi connectivity index (χ0v) is 12.0. The molecule has 3 aromatic rings. The SMILES string of the molecule is Cc1cc(-c2n[nH]c(=S)n2N=C/C=C/c2ccco2)n[nH]1. The van der Waals surface area contributed by atoms with Crippen molar-refractivity contribution in [2.45, 2.75) is 6.92 Å². The van der Waals surface area contributed by atoms with E-state index in [1.165, 1.54) is 4.68 Å². The Morgan fingerprint density at radius 3 is 3.00 bits per heavy atom. The fraction of sp³-hybridized carbons (Fsp3) is 0.0769. The van der Waals surface area contributed by atoms with Crippen LogP contribution in [0.25, 0.3) is 17.6 Å². The van der Waals surface area contributed by atoms with Crippen LogP contribution in [0.1, 0.15) is 11.5 Å². The predicted molar refractivity (Wildman–Crippen MR) is 81.4 cm³/mol. The van der Waals surface area contributed by atoms with Crippen LogP contribution < -0.4 is 0 Å². The van der Waals surface area contributed by atoms with Crippen LogP contribution >= 0.6 is 12.2 Å². The van der Waals surface area contributed by atoms with E-state index < -0.39 is 0 Å². The molecule has 0 amide bonds. The number of aryl methyl sites for hydroxylation is 1. The Kier molecular flexibility index (Phi) is 3.61. The number of H-pyrrole nitrogens is 2. The molecule has 8 heteroatoms. The summed E-state index contributed by atoms with van der Waals surface area (Å²) in [6.45, 7) is 1.91. The minimum absolute atomic E-state index is 0.397. The lowest BCUT2D eigenvalue weighted by molar-refractivity contribution is 0.557. The average Bonchev–Trinajstić information content (AvgIpc) is 3.17. The van der Waals surface area contributed by atoms with Gasteiger partial charge in [0.1, 0.15) is 11.5 Å². The van der Waals surface area contributed by atoms with Crippen molar-refractivity contribution in [3.05, 3.63) is 46.8 Å². The molecule has 0 saturated heterocycles. The number of nitrogens with zero attached hydrogens (tertiary/aromatic N) is 4. The Hall–Kier alpha value is -2.74. The van der Waals surface area contributed by atoms with Crippen molar-refractivity contribution in [1.82, 2.24) is 25.1 Å². The first-order valence-electron chi connectivity index (χ1n) is 6.18. The van der Waals surface area contributed by atoms with Crippen LogP contribution in [-0.4, -0.2) is 31.3 Å². The molecule has 0 saturated carbocycles. The summed E-state index contributed by atoms with van der Waals surface area (Å²) in [4.78, 5) is 0. The maximum atomic E-state index is 5.18. The number of aromatic amines is 2. The number of aromatic nitrogens is 5. The smallest absolute Gasteiger partial charge is 0.216 e. The molecule has 0 aromatic carbocycles. The van der Waals surface area contributed by atoms with E-state index in [9.17, 15) is 0 Å². The van der Waals surface area contributed by atoms with Crippen LogP contribution in [0.2, 0.25) is 0 Å². The maximum absolute atomic E-state index is 5.18. The molecule has 2 N–H and O–H groups in total. The van der Waals surface area contributed by atoms with E-state index in [-0.39, 0.29) is 0 Å². The first kappa shape index (κ1) is 13.3. The normalized spacial score (nSPS) is 11.9. The van der Waals surface area contributed by atoms with Crippen LogP contribution in [0.15, 0.2) is 40.1 Å². The molecule has 106 valence electrons. The van der Waals surface area contributed by atoms with E-state index in [0.717, 1.165) is 11.5 Å². The second-order valence-electron chi connectivity index (χ2n) is 4.24. The summed E-state index contributed by atoms with van der Waals surface area (Å²) in [5.74, 6) is 1.30. The highest BCUT2D eigenvalue weighted by Crippen LogP contribution is 2.14. The summed E-state index contributed by atoms with van der Waals surface area (Å²) in [7, 11) is 0. The van der Waals surface area contributed by atoms with Crippen molar-refractivity contribution in [3.8, 4) is 11.5 Å². The minimum atomic E-state index is 0.397. The lowest BCUT2D eigenvalue weighted by Gasteiger charge is -1.95. The number of hydrogen-bond donors (Lipinski definition) is 2. The highest BCUT2D eigenvalue weighted by atomic mass is 32.1. The molecular weight excluding hydrogens is 288 g/mol. The summed E-state index contributed by atoms with van der Waals surface area (Å²) in [5, 5.41) is 18.1. The van der Waals surface area contributed by atoms with Crippen molar-refractivity contribution >= 4 is 24.5 Å². The summed E-state index contributed by atoms with van der Waals surface area (Å²) in [6, 6.07) is 5.54. The molecule has 0 aliphatic rings. The average molecular weight is 300 g/mol. The molecule has 3 aromatic heterocycles. The molecule has 0 spiro atoms. The Labute approximate surface area is 125 Å². The largest absolute Gasteiger partial charge is 0.465 e. The van der Waals surface area contributed by atoms with Gasteiger partial charge in [0.2, 0.25) is 10.6 Å². The molecule has 0 aliphatic carbocycles. The van der Waals surface area contributed by atoms with Gasteiger partial charge >= 0.3 is 0 Å². The van der Waals surface area contributed by atoms with Gasteiger partial charge in [0.05, 0.1) is 6.26 Å². The highest BCUT2D eigenvalue weighted by molar-refractivity contribution is 7.71. The van der Waals surface area contributed by atoms with E-state index in [1.54, 1.807) is 24.6 Å². The van der Waals surface area contributed by atoms with Crippen LogP contribution in [0.5, 0.6) is 0 Å². The van der Waals surface area contributed by atoms with Crippen LogP contribution in [0, 0.1) is 11.7 Å². The van der Waals surface area contributed by atoms with E-state index in [1.807, 2.05) is 25.1 Å². The summed E-state index contributed by atoms with van der Waals surface area (Å²) in [6.07, 6.45) is 6.77. The monoisotopic (exact) mass is 300 g/mol. The fourth-order valence-electron chi connectivity index (χ4n) is 1.73. The highest BCUT2D eigenvalue weighted by Gasteiger charge is 2.10. The molecule has 0 atom stereocenters. The van der Waals surface area contributed by atoms with E-state index in [0.29, 0.717) is 16.3 Å². The summed E-state index contributed by atoms with van der Waals surface area (Å²) in [5.41, 5.74) is 1.61. The van der Waals surface area contributed by atoms with Gasteiger partial charge in [-0.1, -0.05) is 0 Å².